The Hall–Kier alpha value is -1.92. The predicted molar refractivity (Wildman–Crippen MR) is 101 cm³/mol. The van der Waals surface area contributed by atoms with E-state index in [1.165, 1.54) is 0 Å². The molecule has 2 aromatic rings. The summed E-state index contributed by atoms with van der Waals surface area (Å²) in [5.74, 6) is 1.67. The summed E-state index contributed by atoms with van der Waals surface area (Å²) in [5.41, 5.74) is 1.96. The minimum absolute atomic E-state index is 0.385. The Labute approximate surface area is 149 Å². The van der Waals surface area contributed by atoms with Crippen LogP contribution in [0.25, 0.3) is 10.9 Å². The summed E-state index contributed by atoms with van der Waals surface area (Å²) in [6.07, 6.45) is 2.19. The molecule has 6 nitrogen and oxygen atoms in total. The van der Waals surface area contributed by atoms with Crippen molar-refractivity contribution in [3.63, 3.8) is 0 Å². The minimum Gasteiger partial charge on any atom is -0.497 e. The second kappa shape index (κ2) is 7.97. The highest BCUT2D eigenvalue weighted by Crippen LogP contribution is 2.25. The molecule has 1 atom stereocenters. The number of nitrogens with zero attached hydrogens (tertiary/aromatic N) is 3. The first-order valence-corrected chi connectivity index (χ1v) is 8.93. The number of anilines is 1. The molecular weight excluding hydrogens is 316 g/mol. The third-order valence-electron chi connectivity index (χ3n) is 4.80. The topological polar surface area (TPSA) is 59.5 Å². The van der Waals surface area contributed by atoms with Crippen LogP contribution in [0.15, 0.2) is 18.2 Å². The van der Waals surface area contributed by atoms with Crippen LogP contribution in [0.2, 0.25) is 0 Å². The largest absolute Gasteiger partial charge is 0.497 e. The molecule has 1 unspecified atom stereocenters. The van der Waals surface area contributed by atoms with Crippen LogP contribution in [-0.4, -0.2) is 56.0 Å². The Morgan fingerprint density at radius 1 is 1.24 bits per heavy atom. The molecule has 1 fully saturated rings. The van der Waals surface area contributed by atoms with Crippen LogP contribution in [-0.2, 0) is 4.74 Å². The van der Waals surface area contributed by atoms with Crippen LogP contribution in [0, 0.1) is 6.92 Å². The van der Waals surface area contributed by atoms with Gasteiger partial charge in [-0.25, -0.2) is 9.97 Å². The number of nitrogens with one attached hydrogen (secondary N) is 1. The summed E-state index contributed by atoms with van der Waals surface area (Å²) in [6, 6.07) is 6.88. The first kappa shape index (κ1) is 17.9. The molecule has 0 spiro atoms. The van der Waals surface area contributed by atoms with Gasteiger partial charge in [0.1, 0.15) is 5.75 Å². The number of aromatic nitrogens is 2. The fraction of sp³-hybridized carbons (Fsp3) is 0.579. The van der Waals surface area contributed by atoms with Crippen molar-refractivity contribution in [1.29, 1.82) is 0 Å². The van der Waals surface area contributed by atoms with E-state index in [-0.39, 0.29) is 0 Å². The molecule has 1 aromatic carbocycles. The van der Waals surface area contributed by atoms with Gasteiger partial charge in [-0.3, -0.25) is 0 Å². The van der Waals surface area contributed by atoms with Gasteiger partial charge in [-0.05, 0) is 44.9 Å². The smallest absolute Gasteiger partial charge is 0.226 e. The van der Waals surface area contributed by atoms with Crippen LogP contribution >= 0.6 is 0 Å². The molecule has 2 heterocycles. The Bertz CT molecular complexity index is 714. The van der Waals surface area contributed by atoms with Crippen molar-refractivity contribution in [2.45, 2.75) is 38.8 Å². The second-order valence-corrected chi connectivity index (χ2v) is 6.78. The molecule has 0 aliphatic carbocycles. The fourth-order valence-electron chi connectivity index (χ4n) is 3.46. The lowest BCUT2D eigenvalue weighted by molar-refractivity contribution is 0.163. The van der Waals surface area contributed by atoms with Gasteiger partial charge in [0.25, 0.3) is 0 Å². The highest BCUT2D eigenvalue weighted by Gasteiger charge is 2.22. The molecule has 0 saturated carbocycles. The molecule has 1 aliphatic heterocycles. The van der Waals surface area contributed by atoms with Crippen molar-refractivity contribution in [2.75, 3.05) is 38.8 Å². The molecule has 3 rings (SSSR count). The van der Waals surface area contributed by atoms with Crippen LogP contribution in [0.5, 0.6) is 5.75 Å². The number of ether oxygens (including phenoxy) is 2. The quantitative estimate of drug-likeness (QED) is 0.869. The summed E-state index contributed by atoms with van der Waals surface area (Å²) in [5, 5.41) is 4.69. The van der Waals surface area contributed by atoms with Crippen LogP contribution in [0.3, 0.4) is 0 Å². The minimum atomic E-state index is 0.385. The Kier molecular flexibility index (Phi) is 5.71. The zero-order valence-corrected chi connectivity index (χ0v) is 15.6. The van der Waals surface area contributed by atoms with E-state index >= 15 is 0 Å². The number of aryl methyl sites for hydroxylation is 1. The highest BCUT2D eigenvalue weighted by molar-refractivity contribution is 5.83. The summed E-state index contributed by atoms with van der Waals surface area (Å²) in [4.78, 5) is 11.8. The molecule has 1 saturated heterocycles. The van der Waals surface area contributed by atoms with Gasteiger partial charge >= 0.3 is 0 Å². The molecule has 1 N–H and O–H groups in total. The average Bonchev–Trinajstić information content (AvgIpc) is 2.62. The molecule has 25 heavy (non-hydrogen) atoms. The molecule has 1 aromatic heterocycles. The van der Waals surface area contributed by atoms with Crippen LogP contribution in [0.1, 0.15) is 25.5 Å². The van der Waals surface area contributed by atoms with Crippen LogP contribution < -0.4 is 15.0 Å². The van der Waals surface area contributed by atoms with Crippen molar-refractivity contribution >= 4 is 16.9 Å². The average molecular weight is 344 g/mol. The van der Waals surface area contributed by atoms with E-state index in [1.807, 2.05) is 25.1 Å². The first-order chi connectivity index (χ1) is 12.1. The Balaban J connectivity index is 1.69. The lowest BCUT2D eigenvalue weighted by Gasteiger charge is -2.34. The van der Waals surface area contributed by atoms with Gasteiger partial charge in [0.15, 0.2) is 0 Å². The standard InChI is InChI=1S/C19H28N4O2/c1-13(12-24-3)20-15-7-9-23(10-8-15)19-21-14(2)17-11-16(25-4)5-6-18(17)22-19/h5-6,11,13,15,20H,7-10,12H2,1-4H3. The third-order valence-corrected chi connectivity index (χ3v) is 4.80. The van der Waals surface area contributed by atoms with E-state index < -0.39 is 0 Å². The number of methoxy groups -OCH3 is 2. The van der Waals surface area contributed by atoms with Gasteiger partial charge in [-0.1, -0.05) is 0 Å². The van der Waals surface area contributed by atoms with E-state index in [4.69, 9.17) is 19.4 Å². The Morgan fingerprint density at radius 3 is 2.68 bits per heavy atom. The van der Waals surface area contributed by atoms with Gasteiger partial charge in [0.05, 0.1) is 24.9 Å². The number of hydrogen-bond donors (Lipinski definition) is 1. The zero-order chi connectivity index (χ0) is 17.8. The molecule has 0 radical (unpaired) electrons. The van der Waals surface area contributed by atoms with Crippen molar-refractivity contribution in [3.05, 3.63) is 23.9 Å². The molecule has 136 valence electrons. The molecule has 1 aliphatic rings. The fourth-order valence-corrected chi connectivity index (χ4v) is 3.46. The summed E-state index contributed by atoms with van der Waals surface area (Å²) in [7, 11) is 3.42. The summed E-state index contributed by atoms with van der Waals surface area (Å²) < 4.78 is 10.5. The SMILES string of the molecule is COCC(C)NC1CCN(c2nc(C)c3cc(OC)ccc3n2)CC1. The van der Waals surface area contributed by atoms with Gasteiger partial charge < -0.3 is 19.7 Å². The zero-order valence-electron chi connectivity index (χ0n) is 15.6. The monoisotopic (exact) mass is 344 g/mol. The lowest BCUT2D eigenvalue weighted by atomic mass is 10.0. The van der Waals surface area contributed by atoms with E-state index in [0.29, 0.717) is 12.1 Å². The summed E-state index contributed by atoms with van der Waals surface area (Å²) in [6.45, 7) is 6.89. The van der Waals surface area contributed by atoms with Gasteiger partial charge in [0.2, 0.25) is 5.95 Å². The first-order valence-electron chi connectivity index (χ1n) is 8.93. The van der Waals surface area contributed by atoms with Crippen molar-refractivity contribution in [2.24, 2.45) is 0 Å². The van der Waals surface area contributed by atoms with Crippen molar-refractivity contribution in [3.8, 4) is 5.75 Å². The second-order valence-electron chi connectivity index (χ2n) is 6.78. The lowest BCUT2D eigenvalue weighted by Crippen LogP contribution is -2.47. The van der Waals surface area contributed by atoms with E-state index in [2.05, 4.69) is 17.1 Å². The number of rotatable bonds is 6. The number of hydrogen-bond acceptors (Lipinski definition) is 6. The normalized spacial score (nSPS) is 17.0. The predicted octanol–water partition coefficient (Wildman–Crippen LogP) is 2.54. The van der Waals surface area contributed by atoms with Gasteiger partial charge in [-0.2, -0.15) is 0 Å². The Morgan fingerprint density at radius 2 is 2.00 bits per heavy atom. The molecule has 0 bridgehead atoms. The molecule has 6 heteroatoms. The van der Waals surface area contributed by atoms with Gasteiger partial charge in [-0.15, -0.1) is 0 Å². The van der Waals surface area contributed by atoms with Crippen molar-refractivity contribution in [1.82, 2.24) is 15.3 Å². The highest BCUT2D eigenvalue weighted by atomic mass is 16.5. The number of piperidine rings is 1. The molecule has 0 amide bonds. The van der Waals surface area contributed by atoms with Crippen molar-refractivity contribution < 1.29 is 9.47 Å². The number of benzene rings is 1. The maximum absolute atomic E-state index is 5.30. The maximum Gasteiger partial charge on any atom is 0.226 e. The van der Waals surface area contributed by atoms with E-state index in [9.17, 15) is 0 Å². The summed E-state index contributed by atoms with van der Waals surface area (Å²) >= 11 is 0. The third kappa shape index (κ3) is 4.19. The molecular formula is C19H28N4O2. The van der Waals surface area contributed by atoms with Crippen LogP contribution in [0.4, 0.5) is 5.95 Å². The maximum atomic E-state index is 5.30. The van der Waals surface area contributed by atoms with Gasteiger partial charge in [0, 0.05) is 37.7 Å². The van der Waals surface area contributed by atoms with E-state index in [0.717, 1.165) is 60.8 Å². The van der Waals surface area contributed by atoms with E-state index in [1.54, 1.807) is 14.2 Å². The number of fused-ring (bicyclic) bond motifs is 1.